The van der Waals surface area contributed by atoms with Crippen LogP contribution in [-0.2, 0) is 16.0 Å². The summed E-state index contributed by atoms with van der Waals surface area (Å²) in [6.07, 6.45) is 0.236. The molecule has 0 spiro atoms. The molecular weight excluding hydrogens is 501 g/mol. The maximum Gasteiger partial charge on any atom is 0.573 e. The number of rotatable bonds is 12. The number of hydrogen-bond donors (Lipinski definition) is 0. The van der Waals surface area contributed by atoms with Crippen LogP contribution in [0.4, 0.5) is 13.2 Å². The largest absolute Gasteiger partial charge is 0.573 e. The van der Waals surface area contributed by atoms with Crippen LogP contribution < -0.4 is 9.47 Å². The molecule has 0 fully saturated rings. The number of fused-ring (bicyclic) bond motifs is 1. The minimum absolute atomic E-state index is 0.186. The highest BCUT2D eigenvalue weighted by molar-refractivity contribution is 7.22. The second kappa shape index (κ2) is 12.0. The number of aryl methyl sites for hydroxylation is 1. The standard InChI is InChI=1S/C29H33F3O4S/c1-6-8-9-10-20-11-14-23(24(15-20)35-29(30,31)32)26-16-21-12-13-22(17-25(21)37-26)34-19(3)18-28(4,5)36-27(33)7-2/h7,11-17,19H,2,6,8-10,18H2,1,3-5H3. The number of thiophene rings is 1. The molecule has 0 saturated carbocycles. The Morgan fingerprint density at radius 3 is 2.54 bits per heavy atom. The number of esters is 1. The Bertz CT molecular complexity index is 1230. The molecule has 0 bridgehead atoms. The van der Waals surface area contributed by atoms with E-state index in [-0.39, 0.29) is 11.9 Å². The SMILES string of the molecule is C=CC(=O)OC(C)(C)CC(C)Oc1ccc2cc(-c3ccc(CCCCC)cc3OC(F)(F)F)sc2c1. The molecule has 0 N–H and O–H groups in total. The lowest BCUT2D eigenvalue weighted by atomic mass is 10.0. The van der Waals surface area contributed by atoms with Crippen LogP contribution >= 0.6 is 11.3 Å². The van der Waals surface area contributed by atoms with E-state index in [1.807, 2.05) is 37.3 Å². The summed E-state index contributed by atoms with van der Waals surface area (Å²) in [4.78, 5) is 12.2. The molecule has 0 saturated heterocycles. The van der Waals surface area contributed by atoms with Gasteiger partial charge in [-0.25, -0.2) is 4.79 Å². The van der Waals surface area contributed by atoms with Gasteiger partial charge >= 0.3 is 12.3 Å². The highest BCUT2D eigenvalue weighted by Gasteiger charge is 2.32. The summed E-state index contributed by atoms with van der Waals surface area (Å²) in [5.41, 5.74) is 0.492. The molecule has 0 amide bonds. The van der Waals surface area contributed by atoms with E-state index in [4.69, 9.17) is 9.47 Å². The fourth-order valence-electron chi connectivity index (χ4n) is 4.25. The zero-order valence-corrected chi connectivity index (χ0v) is 22.4. The average molecular weight is 535 g/mol. The van der Waals surface area contributed by atoms with E-state index in [1.165, 1.54) is 17.4 Å². The fourth-order valence-corrected chi connectivity index (χ4v) is 5.37. The van der Waals surface area contributed by atoms with Gasteiger partial charge < -0.3 is 14.2 Å². The highest BCUT2D eigenvalue weighted by atomic mass is 32.1. The van der Waals surface area contributed by atoms with Gasteiger partial charge in [0.25, 0.3) is 0 Å². The van der Waals surface area contributed by atoms with Crippen molar-refractivity contribution in [1.29, 1.82) is 0 Å². The van der Waals surface area contributed by atoms with Crippen molar-refractivity contribution in [1.82, 2.24) is 0 Å². The van der Waals surface area contributed by atoms with Crippen LogP contribution in [0.3, 0.4) is 0 Å². The van der Waals surface area contributed by atoms with Crippen molar-refractivity contribution in [3.8, 4) is 21.9 Å². The van der Waals surface area contributed by atoms with Gasteiger partial charge in [0, 0.05) is 27.6 Å². The van der Waals surface area contributed by atoms with E-state index in [9.17, 15) is 18.0 Å². The number of halogens is 3. The van der Waals surface area contributed by atoms with E-state index < -0.39 is 17.9 Å². The van der Waals surface area contributed by atoms with Crippen LogP contribution in [0.5, 0.6) is 11.5 Å². The lowest BCUT2D eigenvalue weighted by Gasteiger charge is -2.28. The highest BCUT2D eigenvalue weighted by Crippen LogP contribution is 2.41. The summed E-state index contributed by atoms with van der Waals surface area (Å²) in [5.74, 6) is -0.0562. The van der Waals surface area contributed by atoms with E-state index >= 15 is 0 Å². The minimum atomic E-state index is -4.78. The van der Waals surface area contributed by atoms with E-state index in [0.717, 1.165) is 41.0 Å². The van der Waals surface area contributed by atoms with Gasteiger partial charge in [0.2, 0.25) is 0 Å². The molecule has 1 unspecified atom stereocenters. The van der Waals surface area contributed by atoms with Crippen molar-refractivity contribution in [3.63, 3.8) is 0 Å². The topological polar surface area (TPSA) is 44.8 Å². The Morgan fingerprint density at radius 2 is 1.86 bits per heavy atom. The van der Waals surface area contributed by atoms with Gasteiger partial charge in [-0.3, -0.25) is 0 Å². The molecule has 8 heteroatoms. The zero-order valence-electron chi connectivity index (χ0n) is 21.6. The fraction of sp³-hybridized carbons (Fsp3) is 0.414. The molecule has 0 radical (unpaired) electrons. The lowest BCUT2D eigenvalue weighted by Crippen LogP contribution is -2.33. The molecule has 0 aliphatic heterocycles. The zero-order chi connectivity index (χ0) is 27.2. The molecule has 3 aromatic rings. The number of carbonyl (C=O) groups excluding carboxylic acids is 1. The second-order valence-corrected chi connectivity index (χ2v) is 10.7. The van der Waals surface area contributed by atoms with Crippen LogP contribution in [0.15, 0.2) is 55.1 Å². The first-order chi connectivity index (χ1) is 17.4. The van der Waals surface area contributed by atoms with Crippen molar-refractivity contribution in [3.05, 3.63) is 60.7 Å². The Morgan fingerprint density at radius 1 is 1.11 bits per heavy atom. The van der Waals surface area contributed by atoms with Crippen LogP contribution in [0.1, 0.15) is 58.9 Å². The molecule has 3 rings (SSSR count). The lowest BCUT2D eigenvalue weighted by molar-refractivity contribution is -0.274. The maximum atomic E-state index is 13.2. The Balaban J connectivity index is 1.82. The maximum absolute atomic E-state index is 13.2. The predicted octanol–water partition coefficient (Wildman–Crippen LogP) is 8.86. The van der Waals surface area contributed by atoms with Crippen LogP contribution in [0, 0.1) is 0 Å². The van der Waals surface area contributed by atoms with Crippen LogP contribution in [0.2, 0.25) is 0 Å². The van der Waals surface area contributed by atoms with Gasteiger partial charge in [-0.05, 0) is 81.0 Å². The molecule has 1 atom stereocenters. The van der Waals surface area contributed by atoms with Gasteiger partial charge in [0.05, 0.1) is 6.10 Å². The number of hydrogen-bond acceptors (Lipinski definition) is 5. The van der Waals surface area contributed by atoms with Crippen molar-refractivity contribution < 1.29 is 32.2 Å². The number of ether oxygens (including phenoxy) is 3. The van der Waals surface area contributed by atoms with Gasteiger partial charge in [0.15, 0.2) is 0 Å². The third-order valence-corrected chi connectivity index (χ3v) is 6.89. The normalized spacial score (nSPS) is 12.8. The molecule has 0 aliphatic rings. The molecular formula is C29H33F3O4S. The Labute approximate surface area is 220 Å². The first-order valence-electron chi connectivity index (χ1n) is 12.3. The number of alkyl halides is 3. The van der Waals surface area contributed by atoms with E-state index in [0.29, 0.717) is 29.0 Å². The summed E-state index contributed by atoms with van der Waals surface area (Å²) >= 11 is 1.38. The number of benzene rings is 2. The first-order valence-corrected chi connectivity index (χ1v) is 13.2. The molecule has 2 aromatic carbocycles. The first kappa shape index (κ1) is 28.6. The summed E-state index contributed by atoms with van der Waals surface area (Å²) in [6.45, 7) is 11.0. The third-order valence-electron chi connectivity index (χ3n) is 5.76. The third kappa shape index (κ3) is 8.52. The van der Waals surface area contributed by atoms with Crippen molar-refractivity contribution in [2.45, 2.75) is 77.9 Å². The number of unbranched alkanes of at least 4 members (excludes halogenated alkanes) is 2. The second-order valence-electron chi connectivity index (χ2n) is 9.66. The van der Waals surface area contributed by atoms with E-state index in [1.54, 1.807) is 19.9 Å². The van der Waals surface area contributed by atoms with Crippen molar-refractivity contribution >= 4 is 27.4 Å². The molecule has 0 aliphatic carbocycles. The van der Waals surface area contributed by atoms with Crippen molar-refractivity contribution in [2.75, 3.05) is 0 Å². The molecule has 37 heavy (non-hydrogen) atoms. The smallest absolute Gasteiger partial charge is 0.491 e. The summed E-state index contributed by atoms with van der Waals surface area (Å²) in [5, 5.41) is 0.894. The minimum Gasteiger partial charge on any atom is -0.491 e. The van der Waals surface area contributed by atoms with Gasteiger partial charge in [0.1, 0.15) is 17.1 Å². The molecule has 200 valence electrons. The Hall–Kier alpha value is -3.00. The van der Waals surface area contributed by atoms with Crippen molar-refractivity contribution in [2.24, 2.45) is 0 Å². The van der Waals surface area contributed by atoms with Crippen LogP contribution in [0.25, 0.3) is 20.5 Å². The van der Waals surface area contributed by atoms with E-state index in [2.05, 4.69) is 18.2 Å². The molecule has 1 heterocycles. The Kier molecular flexibility index (Phi) is 9.29. The monoisotopic (exact) mass is 534 g/mol. The molecule has 1 aromatic heterocycles. The number of carbonyl (C=O) groups is 1. The molecule has 4 nitrogen and oxygen atoms in total. The van der Waals surface area contributed by atoms with Gasteiger partial charge in [-0.1, -0.05) is 32.4 Å². The van der Waals surface area contributed by atoms with Gasteiger partial charge in [-0.2, -0.15) is 0 Å². The average Bonchev–Trinajstić information content (AvgIpc) is 3.20. The van der Waals surface area contributed by atoms with Crippen LogP contribution in [-0.4, -0.2) is 24.0 Å². The summed E-state index contributed by atoms with van der Waals surface area (Å²) in [6, 6.07) is 12.5. The summed E-state index contributed by atoms with van der Waals surface area (Å²) < 4.78 is 56.3. The summed E-state index contributed by atoms with van der Waals surface area (Å²) in [7, 11) is 0. The van der Waals surface area contributed by atoms with Gasteiger partial charge in [-0.15, -0.1) is 24.5 Å². The quantitative estimate of drug-likeness (QED) is 0.132. The predicted molar refractivity (Wildman–Crippen MR) is 142 cm³/mol.